The van der Waals surface area contributed by atoms with E-state index in [1.165, 1.54) is 22.8 Å². The second kappa shape index (κ2) is 8.61. The molecule has 0 unspecified atom stereocenters. The maximum Gasteiger partial charge on any atom is 0.252 e. The third-order valence-corrected chi connectivity index (χ3v) is 8.54. The molecule has 1 saturated heterocycles. The topological polar surface area (TPSA) is 99.5 Å². The van der Waals surface area contributed by atoms with E-state index in [1.54, 1.807) is 30.3 Å². The van der Waals surface area contributed by atoms with Crippen LogP contribution < -0.4 is 10.1 Å². The average molecular weight is 484 g/mol. The highest BCUT2D eigenvalue weighted by molar-refractivity contribution is 9.11. The maximum atomic E-state index is 12.7. The predicted octanol–water partition coefficient (Wildman–Crippen LogP) is 3.43. The number of piperidine rings is 1. The van der Waals surface area contributed by atoms with Gasteiger partial charge in [-0.3, -0.25) is 4.79 Å². The number of ether oxygens (including phenoxy) is 1. The summed E-state index contributed by atoms with van der Waals surface area (Å²) < 4.78 is 33.1. The Hall–Kier alpha value is -1.93. The van der Waals surface area contributed by atoms with Crippen molar-refractivity contribution >= 4 is 48.9 Å². The summed E-state index contributed by atoms with van der Waals surface area (Å²) in [6, 6.07) is 10.1. The van der Waals surface area contributed by atoms with E-state index in [-0.39, 0.29) is 24.9 Å². The first-order valence-corrected chi connectivity index (χ1v) is 11.5. The lowest BCUT2D eigenvalue weighted by molar-refractivity contribution is -0.120. The number of sulfonamides is 1. The minimum absolute atomic E-state index is 0.204. The molecule has 0 spiro atoms. The van der Waals surface area contributed by atoms with Gasteiger partial charge in [-0.15, -0.1) is 11.3 Å². The third kappa shape index (κ3) is 4.38. The van der Waals surface area contributed by atoms with Crippen LogP contribution in [0.4, 0.5) is 5.69 Å². The molecule has 148 valence electrons. The van der Waals surface area contributed by atoms with Crippen molar-refractivity contribution in [1.29, 1.82) is 5.26 Å². The molecule has 1 aromatic heterocycles. The molecule has 3 rings (SSSR count). The first-order valence-electron chi connectivity index (χ1n) is 8.49. The van der Waals surface area contributed by atoms with E-state index >= 15 is 0 Å². The summed E-state index contributed by atoms with van der Waals surface area (Å²) in [5, 5.41) is 11.8. The number of rotatable bonds is 5. The molecule has 1 aliphatic heterocycles. The number of carbonyl (C=O) groups is 1. The van der Waals surface area contributed by atoms with Crippen molar-refractivity contribution in [3.63, 3.8) is 0 Å². The number of halogens is 1. The number of benzene rings is 1. The Bertz CT molecular complexity index is 1020. The number of carbonyl (C=O) groups excluding carboxylic acids is 1. The molecule has 0 atom stereocenters. The van der Waals surface area contributed by atoms with E-state index in [0.717, 1.165) is 3.79 Å². The Morgan fingerprint density at radius 3 is 2.61 bits per heavy atom. The number of hydrogen-bond donors (Lipinski definition) is 1. The third-order valence-electron chi connectivity index (χ3n) is 4.55. The molecule has 7 nitrogen and oxygen atoms in total. The fourth-order valence-corrected chi connectivity index (χ4v) is 6.67. The first kappa shape index (κ1) is 20.8. The zero-order valence-corrected chi connectivity index (χ0v) is 18.2. The molecule has 0 saturated carbocycles. The van der Waals surface area contributed by atoms with Crippen molar-refractivity contribution in [3.8, 4) is 11.8 Å². The van der Waals surface area contributed by atoms with E-state index < -0.39 is 10.0 Å². The minimum Gasteiger partial charge on any atom is -0.495 e. The van der Waals surface area contributed by atoms with Gasteiger partial charge in [-0.1, -0.05) is 0 Å². The zero-order valence-electron chi connectivity index (χ0n) is 15.0. The number of methoxy groups -OCH3 is 1. The largest absolute Gasteiger partial charge is 0.495 e. The van der Waals surface area contributed by atoms with Crippen molar-refractivity contribution < 1.29 is 17.9 Å². The standard InChI is InChI=1S/C18H18BrN3O4S2/c1-26-15-3-2-12(11-20)10-14(15)21-18(23)13-6-8-22(9-7-13)28(24,25)17-5-4-16(19)27-17/h2-5,10,13H,6-9H2,1H3,(H,21,23). The van der Waals surface area contributed by atoms with Gasteiger partial charge in [0, 0.05) is 19.0 Å². The Morgan fingerprint density at radius 2 is 2.04 bits per heavy atom. The van der Waals surface area contributed by atoms with Crippen LogP contribution in [-0.2, 0) is 14.8 Å². The first-order chi connectivity index (χ1) is 13.3. The smallest absolute Gasteiger partial charge is 0.252 e. The van der Waals surface area contributed by atoms with Gasteiger partial charge in [0.2, 0.25) is 5.91 Å². The van der Waals surface area contributed by atoms with E-state index in [4.69, 9.17) is 10.00 Å². The van der Waals surface area contributed by atoms with E-state index in [1.807, 2.05) is 6.07 Å². The highest BCUT2D eigenvalue weighted by Gasteiger charge is 2.33. The van der Waals surface area contributed by atoms with Crippen molar-refractivity contribution in [2.75, 3.05) is 25.5 Å². The molecule has 1 N–H and O–H groups in total. The van der Waals surface area contributed by atoms with Gasteiger partial charge in [-0.05, 0) is 59.1 Å². The SMILES string of the molecule is COc1ccc(C#N)cc1NC(=O)C1CCN(S(=O)(=O)c2ccc(Br)s2)CC1. The molecule has 0 aliphatic carbocycles. The van der Waals surface area contributed by atoms with Crippen LogP contribution in [0.2, 0.25) is 0 Å². The molecular formula is C18H18BrN3O4S2. The van der Waals surface area contributed by atoms with Crippen molar-refractivity contribution in [3.05, 3.63) is 39.7 Å². The average Bonchev–Trinajstić information content (AvgIpc) is 3.15. The molecule has 1 fully saturated rings. The normalized spacial score (nSPS) is 15.8. The van der Waals surface area contributed by atoms with Crippen LogP contribution in [0.15, 0.2) is 38.3 Å². The number of anilines is 1. The predicted molar refractivity (Wildman–Crippen MR) is 110 cm³/mol. The molecule has 1 amide bonds. The number of thiophene rings is 1. The summed E-state index contributed by atoms with van der Waals surface area (Å²) in [6.45, 7) is 0.566. The molecule has 1 aliphatic rings. The van der Waals surface area contributed by atoms with Gasteiger partial charge in [-0.25, -0.2) is 8.42 Å². The maximum absolute atomic E-state index is 12.7. The van der Waals surface area contributed by atoms with E-state index in [9.17, 15) is 13.2 Å². The molecule has 28 heavy (non-hydrogen) atoms. The lowest BCUT2D eigenvalue weighted by Gasteiger charge is -2.30. The number of nitriles is 1. The van der Waals surface area contributed by atoms with Gasteiger partial charge in [0.15, 0.2) is 0 Å². The minimum atomic E-state index is -3.53. The lowest BCUT2D eigenvalue weighted by Crippen LogP contribution is -2.41. The van der Waals surface area contributed by atoms with E-state index in [2.05, 4.69) is 21.2 Å². The van der Waals surface area contributed by atoms with Crippen LogP contribution >= 0.6 is 27.3 Å². The summed E-state index contributed by atoms with van der Waals surface area (Å²) in [5.41, 5.74) is 0.851. The molecule has 10 heteroatoms. The van der Waals surface area contributed by atoms with Gasteiger partial charge in [0.25, 0.3) is 10.0 Å². The molecular weight excluding hydrogens is 466 g/mol. The summed E-state index contributed by atoms with van der Waals surface area (Å²) in [7, 11) is -2.05. The monoisotopic (exact) mass is 483 g/mol. The molecule has 0 bridgehead atoms. The van der Waals surface area contributed by atoms with Gasteiger partial charge < -0.3 is 10.1 Å². The second-order valence-corrected chi connectivity index (χ2v) is 10.9. The summed E-state index contributed by atoms with van der Waals surface area (Å²) in [4.78, 5) is 12.6. The quantitative estimate of drug-likeness (QED) is 0.701. The fourth-order valence-electron chi connectivity index (χ4n) is 3.03. The van der Waals surface area contributed by atoms with Crippen LogP contribution in [-0.4, -0.2) is 38.8 Å². The van der Waals surface area contributed by atoms with Gasteiger partial charge in [0.1, 0.15) is 9.96 Å². The lowest BCUT2D eigenvalue weighted by atomic mass is 9.97. The van der Waals surface area contributed by atoms with Crippen molar-refractivity contribution in [2.24, 2.45) is 5.92 Å². The summed E-state index contributed by atoms with van der Waals surface area (Å²) >= 11 is 4.46. The Balaban J connectivity index is 1.65. The Morgan fingerprint density at radius 1 is 1.32 bits per heavy atom. The van der Waals surface area contributed by atoms with Crippen LogP contribution in [0.1, 0.15) is 18.4 Å². The van der Waals surface area contributed by atoms with Gasteiger partial charge in [0.05, 0.1) is 28.2 Å². The summed E-state index contributed by atoms with van der Waals surface area (Å²) in [5.74, 6) is -0.0445. The fraction of sp³-hybridized carbons (Fsp3) is 0.333. The van der Waals surface area contributed by atoms with Crippen LogP contribution in [0.5, 0.6) is 5.75 Å². The number of nitrogens with zero attached hydrogens (tertiary/aromatic N) is 2. The van der Waals surface area contributed by atoms with Gasteiger partial charge in [-0.2, -0.15) is 9.57 Å². The second-order valence-electron chi connectivity index (χ2n) is 6.25. The molecule has 2 heterocycles. The van der Waals surface area contributed by atoms with Crippen molar-refractivity contribution in [1.82, 2.24) is 4.31 Å². The van der Waals surface area contributed by atoms with Gasteiger partial charge >= 0.3 is 0 Å². The number of hydrogen-bond acceptors (Lipinski definition) is 6. The van der Waals surface area contributed by atoms with Crippen LogP contribution in [0.3, 0.4) is 0 Å². The van der Waals surface area contributed by atoms with Crippen LogP contribution in [0.25, 0.3) is 0 Å². The summed E-state index contributed by atoms with van der Waals surface area (Å²) in [6.07, 6.45) is 0.857. The van der Waals surface area contributed by atoms with Crippen molar-refractivity contribution in [2.45, 2.75) is 17.1 Å². The highest BCUT2D eigenvalue weighted by Crippen LogP contribution is 2.32. The highest BCUT2D eigenvalue weighted by atomic mass is 79.9. The molecule has 0 radical (unpaired) electrons. The van der Waals surface area contributed by atoms with Crippen LogP contribution in [0, 0.1) is 17.2 Å². The van der Waals surface area contributed by atoms with E-state index in [0.29, 0.717) is 34.1 Å². The zero-order chi connectivity index (χ0) is 20.3. The molecule has 1 aromatic carbocycles. The number of nitrogens with one attached hydrogen (secondary N) is 1. The Kier molecular flexibility index (Phi) is 6.40. The number of amides is 1. The Labute approximate surface area is 176 Å². The molecule has 2 aromatic rings.